The highest BCUT2D eigenvalue weighted by Gasteiger charge is 2.45. The molecule has 1 N–H and O–H groups in total. The molecule has 17 nitrogen and oxygen atoms in total. The van der Waals surface area contributed by atoms with Crippen LogP contribution in [0.15, 0.2) is 132 Å². The second-order valence-electron chi connectivity index (χ2n) is 23.5. The number of hydrogen-bond donors (Lipinski definition) is 1. The number of carbonyl (C=O) groups is 4. The number of nitrogens with one attached hydrogen (secondary N) is 1. The predicted octanol–water partition coefficient (Wildman–Crippen LogP) is 10.8. The summed E-state index contributed by atoms with van der Waals surface area (Å²) in [5, 5.41) is 3.72. The Hall–Kier alpha value is -8.55. The molecule has 0 saturated carbocycles. The number of aromatic nitrogens is 5. The van der Waals surface area contributed by atoms with Crippen molar-refractivity contribution in [1.29, 1.82) is 0 Å². The van der Waals surface area contributed by atoms with Gasteiger partial charge >= 0.3 is 11.8 Å². The van der Waals surface area contributed by atoms with Crippen molar-refractivity contribution in [3.63, 3.8) is 0 Å². The Morgan fingerprint density at radius 3 is 2.13 bits per heavy atom. The number of amides is 4. The molecule has 4 aromatic heterocycles. The number of imide groups is 1. The van der Waals surface area contributed by atoms with Crippen LogP contribution in [0.2, 0.25) is 0 Å². The molecule has 3 fully saturated rings. The monoisotopic (exact) mass is 1140 g/mol. The van der Waals surface area contributed by atoms with Crippen molar-refractivity contribution >= 4 is 57.4 Å². The van der Waals surface area contributed by atoms with Crippen molar-refractivity contribution in [3.05, 3.63) is 172 Å². The third-order valence-electron chi connectivity index (χ3n) is 16.9. The number of aryl methyl sites for hydroxylation is 2. The molecule has 3 saturated heterocycles. The average Bonchev–Trinajstić information content (AvgIpc) is 2.71. The molecule has 0 bridgehead atoms. The maximum atomic E-state index is 16.2. The summed E-state index contributed by atoms with van der Waals surface area (Å²) < 4.78 is 48.0. The highest BCUT2D eigenvalue weighted by atomic mass is 19.3. The normalized spacial score (nSPS) is 18.1. The number of rotatable bonds is 14. The van der Waals surface area contributed by atoms with Crippen LogP contribution in [0.4, 0.5) is 25.1 Å². The van der Waals surface area contributed by atoms with Crippen LogP contribution in [-0.2, 0) is 48.1 Å². The molecule has 4 aromatic carbocycles. The fourth-order valence-corrected chi connectivity index (χ4v) is 12.3. The highest BCUT2D eigenvalue weighted by molar-refractivity contribution is 6.06. The third-order valence-corrected chi connectivity index (χ3v) is 16.9. The Kier molecular flexibility index (Phi) is 15.8. The smallest absolute Gasteiger partial charge is 0.413 e. The van der Waals surface area contributed by atoms with Gasteiger partial charge in [-0.15, -0.1) is 0 Å². The lowest BCUT2D eigenvalue weighted by Crippen LogP contribution is -2.47. The SMILES string of the molecule is COc1ccc(CN2C(=O)CCC(n3c(=O)n(C)c4cc(CN5CCC(c6ccc(N(C)C(=O)c7ccc(C8CCN(Cc9cc%10c(-c%11ccc(NC(=O)OC(C)(C)C)nc%11)ccnc%10n9C)CC8)cc7)cc6)C(F)(F)C5)ccc43)C2=O)cc1. The van der Waals surface area contributed by atoms with Gasteiger partial charge in [0.2, 0.25) is 5.91 Å². The summed E-state index contributed by atoms with van der Waals surface area (Å²) in [5.41, 5.74) is 8.38. The van der Waals surface area contributed by atoms with Gasteiger partial charge in [0.25, 0.3) is 17.7 Å². The largest absolute Gasteiger partial charge is 0.497 e. The number of anilines is 2. The number of halogens is 2. The quantitative estimate of drug-likeness (QED) is 0.103. The van der Waals surface area contributed by atoms with Crippen molar-refractivity contribution in [2.45, 2.75) is 102 Å². The van der Waals surface area contributed by atoms with Crippen molar-refractivity contribution in [1.82, 2.24) is 38.4 Å². The van der Waals surface area contributed by atoms with Crippen molar-refractivity contribution in [3.8, 4) is 16.9 Å². The predicted molar refractivity (Wildman–Crippen MR) is 318 cm³/mol. The number of pyridine rings is 2. The molecule has 0 radical (unpaired) electrons. The summed E-state index contributed by atoms with van der Waals surface area (Å²) in [4.78, 5) is 82.9. The maximum Gasteiger partial charge on any atom is 0.413 e. The van der Waals surface area contributed by atoms with Gasteiger partial charge < -0.3 is 18.9 Å². The van der Waals surface area contributed by atoms with Crippen LogP contribution in [-0.4, -0.2) is 114 Å². The number of piperidine rings is 3. The minimum atomic E-state index is -3.05. The van der Waals surface area contributed by atoms with E-state index in [-0.39, 0.29) is 44.2 Å². The van der Waals surface area contributed by atoms with Gasteiger partial charge in [-0.2, -0.15) is 0 Å². The van der Waals surface area contributed by atoms with E-state index in [1.54, 1.807) is 104 Å². The first-order valence-electron chi connectivity index (χ1n) is 28.6. The number of likely N-dealkylation sites (tertiary alicyclic amines) is 3. The standard InChI is InChI=1S/C65H70F2N10O7/c1-64(2,3)84-62(81)70-57-24-17-47(36-69-57)51-26-30-68-59-52(51)35-49(71(59)4)39-74-31-27-44(28-32-74)43-11-13-46(14-12-43)60(79)72(5)48-18-15-45(16-19-48)53-29-33-75(40-65(53,66)67)37-42-10-22-54-56(34-42)73(6)63(82)77(54)55-23-25-58(78)76(61(55)80)38-41-8-20-50(83-7)21-9-41/h8-22,24,26,30,34-36,44,53,55H,23,25,27-29,31-33,37-40H2,1-7H3,(H,69,70,81). The van der Waals surface area contributed by atoms with Crippen LogP contribution in [0.5, 0.6) is 5.75 Å². The topological polar surface area (TPSA) is 169 Å². The molecule has 84 heavy (non-hydrogen) atoms. The molecule has 436 valence electrons. The van der Waals surface area contributed by atoms with E-state index in [2.05, 4.69) is 25.8 Å². The highest BCUT2D eigenvalue weighted by Crippen LogP contribution is 2.42. The molecule has 3 aliphatic rings. The molecule has 8 aromatic rings. The van der Waals surface area contributed by atoms with Gasteiger partial charge in [0, 0.05) is 80.9 Å². The molecule has 4 amide bonds. The summed E-state index contributed by atoms with van der Waals surface area (Å²) in [6, 6.07) is 34.2. The Labute approximate surface area is 486 Å². The first-order valence-corrected chi connectivity index (χ1v) is 28.6. The van der Waals surface area contributed by atoms with Crippen LogP contribution in [0, 0.1) is 0 Å². The van der Waals surface area contributed by atoms with Crippen LogP contribution >= 0.6 is 0 Å². The van der Waals surface area contributed by atoms with Crippen molar-refractivity contribution in [2.24, 2.45) is 14.1 Å². The van der Waals surface area contributed by atoms with Gasteiger partial charge in [0.1, 0.15) is 28.9 Å². The number of benzene rings is 4. The summed E-state index contributed by atoms with van der Waals surface area (Å²) in [6.07, 6.45) is 5.45. The number of alkyl halides is 2. The van der Waals surface area contributed by atoms with E-state index in [0.717, 1.165) is 71.5 Å². The molecule has 19 heteroatoms. The van der Waals surface area contributed by atoms with Gasteiger partial charge in [-0.3, -0.25) is 43.5 Å². The van der Waals surface area contributed by atoms with E-state index in [1.807, 2.05) is 76.3 Å². The summed E-state index contributed by atoms with van der Waals surface area (Å²) in [7, 11) is 6.93. The van der Waals surface area contributed by atoms with Gasteiger partial charge in [-0.25, -0.2) is 28.3 Å². The Morgan fingerprint density at radius 2 is 1.45 bits per heavy atom. The van der Waals surface area contributed by atoms with E-state index in [1.165, 1.54) is 19.6 Å². The number of carbonyl (C=O) groups excluding carboxylic acids is 4. The van der Waals surface area contributed by atoms with E-state index in [0.29, 0.717) is 51.9 Å². The van der Waals surface area contributed by atoms with Crippen LogP contribution in [0.25, 0.3) is 33.2 Å². The molecule has 7 heterocycles. The zero-order valence-corrected chi connectivity index (χ0v) is 48.5. The third kappa shape index (κ3) is 11.8. The Bertz CT molecular complexity index is 3820. The number of hydrogen-bond acceptors (Lipinski definition) is 11. The summed E-state index contributed by atoms with van der Waals surface area (Å²) >= 11 is 0. The van der Waals surface area contributed by atoms with Crippen LogP contribution in [0.3, 0.4) is 0 Å². The first-order chi connectivity index (χ1) is 40.2. The second-order valence-corrected chi connectivity index (χ2v) is 23.5. The molecule has 2 atom stereocenters. The summed E-state index contributed by atoms with van der Waals surface area (Å²) in [5.74, 6) is -3.60. The van der Waals surface area contributed by atoms with E-state index >= 15 is 8.78 Å². The van der Waals surface area contributed by atoms with E-state index in [4.69, 9.17) is 14.5 Å². The van der Waals surface area contributed by atoms with Crippen LogP contribution in [0.1, 0.15) is 109 Å². The zero-order chi connectivity index (χ0) is 59.2. The molecule has 2 unspecified atom stereocenters. The summed E-state index contributed by atoms with van der Waals surface area (Å²) in [6.45, 7) is 8.30. The fraction of sp³-hybridized carbons (Fsp3) is 0.369. The van der Waals surface area contributed by atoms with Gasteiger partial charge in [-0.05, 0) is 173 Å². The second kappa shape index (κ2) is 23.2. The van der Waals surface area contributed by atoms with E-state index < -0.39 is 47.7 Å². The number of nitrogens with zero attached hydrogens (tertiary/aromatic N) is 9. The Balaban J connectivity index is 0.665. The minimum Gasteiger partial charge on any atom is -0.497 e. The first kappa shape index (κ1) is 57.3. The van der Waals surface area contributed by atoms with Crippen LogP contribution < -0.4 is 20.6 Å². The van der Waals surface area contributed by atoms with Gasteiger partial charge in [0.15, 0.2) is 0 Å². The zero-order valence-electron chi connectivity index (χ0n) is 48.5. The Morgan fingerprint density at radius 1 is 0.750 bits per heavy atom. The lowest BCUT2D eigenvalue weighted by Gasteiger charge is -2.38. The number of ether oxygens (including phenoxy) is 2. The van der Waals surface area contributed by atoms with Crippen molar-refractivity contribution < 1.29 is 37.4 Å². The number of imidazole rings is 1. The lowest BCUT2D eigenvalue weighted by molar-refractivity contribution is -0.151. The average molecular weight is 1140 g/mol. The fourth-order valence-electron chi connectivity index (χ4n) is 12.3. The molecule has 3 aliphatic heterocycles. The van der Waals surface area contributed by atoms with Gasteiger partial charge in [-0.1, -0.05) is 42.5 Å². The molecule has 0 spiro atoms. The van der Waals surface area contributed by atoms with E-state index in [9.17, 15) is 24.0 Å². The molecule has 11 rings (SSSR count). The number of fused-ring (bicyclic) bond motifs is 2. The minimum absolute atomic E-state index is 0.0718. The number of methoxy groups -OCH3 is 1. The van der Waals surface area contributed by atoms with Gasteiger partial charge in [0.05, 0.1) is 37.2 Å². The van der Waals surface area contributed by atoms with Crippen molar-refractivity contribution in [2.75, 3.05) is 50.6 Å². The maximum absolute atomic E-state index is 16.2. The lowest BCUT2D eigenvalue weighted by atomic mass is 9.86. The molecule has 0 aliphatic carbocycles. The molecular formula is C65H70F2N10O7. The molecular weight excluding hydrogens is 1070 g/mol.